The van der Waals surface area contributed by atoms with E-state index in [9.17, 15) is 0 Å². The Bertz CT molecular complexity index is 126. The first-order valence-corrected chi connectivity index (χ1v) is 4.66. The number of carboxylic acid groups (broad SMARTS) is 2. The Morgan fingerprint density at radius 3 is 1.31 bits per heavy atom. The van der Waals surface area contributed by atoms with Crippen LogP contribution in [0.3, 0.4) is 0 Å². The summed E-state index contributed by atoms with van der Waals surface area (Å²) in [5.74, 6) is 0. The van der Waals surface area contributed by atoms with Crippen LogP contribution in [0.4, 0.5) is 4.79 Å². The quantitative estimate of drug-likeness (QED) is 0.423. The third kappa shape index (κ3) is 29.2. The Morgan fingerprint density at radius 1 is 0.812 bits per heavy atom. The maximum atomic E-state index is 8.33. The zero-order chi connectivity index (χ0) is 12.6. The fraction of sp³-hybridized carbons (Fsp3) is 0.889. The number of carbonyl (C=O) groups is 1. The van der Waals surface area contributed by atoms with E-state index in [-0.39, 0.29) is 0 Å². The maximum Gasteiger partial charge on any atom is 0.0701 e. The molecule has 16 heavy (non-hydrogen) atoms. The minimum absolute atomic E-state index is 0.618. The predicted octanol–water partition coefficient (Wildman–Crippen LogP) is -2.13. The number of rotatable bonds is 9. The van der Waals surface area contributed by atoms with Crippen molar-refractivity contribution in [2.24, 2.45) is 0 Å². The van der Waals surface area contributed by atoms with Gasteiger partial charge in [0, 0.05) is 14.2 Å². The lowest BCUT2D eigenvalue weighted by Gasteiger charge is -2.04. The molecule has 98 valence electrons. The first-order valence-electron chi connectivity index (χ1n) is 4.66. The Morgan fingerprint density at radius 2 is 1.06 bits per heavy atom. The summed E-state index contributed by atoms with van der Waals surface area (Å²) in [6.45, 7) is 3.77. The maximum absolute atomic E-state index is 8.33. The second kappa shape index (κ2) is 16.5. The van der Waals surface area contributed by atoms with Crippen LogP contribution in [-0.2, 0) is 18.9 Å². The molecule has 0 aromatic heterocycles. The molecule has 0 spiro atoms. The highest BCUT2D eigenvalue weighted by atomic mass is 16.6. The van der Waals surface area contributed by atoms with Gasteiger partial charge in [-0.3, -0.25) is 0 Å². The van der Waals surface area contributed by atoms with E-state index < -0.39 is 6.16 Å². The van der Waals surface area contributed by atoms with Crippen LogP contribution in [0.2, 0.25) is 0 Å². The van der Waals surface area contributed by atoms with Crippen LogP contribution in [-0.4, -0.2) is 60.0 Å². The third-order valence-electron chi connectivity index (χ3n) is 1.24. The summed E-state index contributed by atoms with van der Waals surface area (Å²) < 4.78 is 19.9. The summed E-state index contributed by atoms with van der Waals surface area (Å²) >= 11 is 0. The van der Waals surface area contributed by atoms with Gasteiger partial charge in [0.05, 0.1) is 39.6 Å². The smallest absolute Gasteiger partial charge is 0.0701 e. The molecule has 0 unspecified atom stereocenters. The molecule has 7 nitrogen and oxygen atoms in total. The van der Waals surface area contributed by atoms with Crippen LogP contribution >= 0.6 is 0 Å². The van der Waals surface area contributed by atoms with Crippen molar-refractivity contribution < 1.29 is 34.0 Å². The van der Waals surface area contributed by atoms with Crippen LogP contribution in [0, 0.1) is 0 Å². The van der Waals surface area contributed by atoms with Gasteiger partial charge in [-0.15, -0.1) is 0 Å². The standard InChI is InChI=1S/C8H18O4.CH2O3/c1-9-3-5-11-7-8-12-6-4-10-2;2-1(3)4/h3-8H2,1-2H3;(H2,2,3,4)/p-2. The highest BCUT2D eigenvalue weighted by Crippen LogP contribution is 1.79. The Kier molecular flexibility index (Phi) is 18.1. The molecule has 0 aromatic carbocycles. The van der Waals surface area contributed by atoms with Crippen LogP contribution in [0.15, 0.2) is 0 Å². The lowest BCUT2D eigenvalue weighted by molar-refractivity contribution is -0.415. The summed E-state index contributed by atoms with van der Waals surface area (Å²) in [4.78, 5) is 8.33. The topological polar surface area (TPSA) is 100 Å². The van der Waals surface area contributed by atoms with Gasteiger partial charge in [-0.1, -0.05) is 0 Å². The Balaban J connectivity index is 0. The van der Waals surface area contributed by atoms with E-state index in [2.05, 4.69) is 0 Å². The van der Waals surface area contributed by atoms with E-state index in [1.165, 1.54) is 0 Å². The monoisotopic (exact) mass is 238 g/mol. The fourth-order valence-electron chi connectivity index (χ4n) is 0.606. The van der Waals surface area contributed by atoms with E-state index in [1.54, 1.807) is 14.2 Å². The molecule has 0 aliphatic rings. The average molecular weight is 238 g/mol. The SMILES string of the molecule is COCCOCCOCCOC.O=C([O-])[O-]. The van der Waals surface area contributed by atoms with Crippen molar-refractivity contribution >= 4 is 6.16 Å². The Labute approximate surface area is 94.9 Å². The molecule has 0 heterocycles. The molecular weight excluding hydrogens is 220 g/mol. The van der Waals surface area contributed by atoms with Gasteiger partial charge in [-0.05, 0) is 6.16 Å². The molecule has 0 amide bonds. The van der Waals surface area contributed by atoms with Crippen molar-refractivity contribution in [3.63, 3.8) is 0 Å². The molecule has 0 rings (SSSR count). The average Bonchev–Trinajstić information content (AvgIpc) is 2.21. The fourth-order valence-corrected chi connectivity index (χ4v) is 0.606. The lowest BCUT2D eigenvalue weighted by atomic mass is 10.7. The van der Waals surface area contributed by atoms with Crippen molar-refractivity contribution in [1.29, 1.82) is 0 Å². The van der Waals surface area contributed by atoms with Crippen molar-refractivity contribution in [3.05, 3.63) is 0 Å². The van der Waals surface area contributed by atoms with Gasteiger partial charge >= 0.3 is 0 Å². The van der Waals surface area contributed by atoms with Crippen LogP contribution in [0.25, 0.3) is 0 Å². The summed E-state index contributed by atoms with van der Waals surface area (Å²) in [6.07, 6.45) is -2.33. The molecule has 0 atom stereocenters. The molecule has 0 saturated heterocycles. The largest absolute Gasteiger partial charge is 0.652 e. The van der Waals surface area contributed by atoms with Gasteiger partial charge in [-0.2, -0.15) is 0 Å². The van der Waals surface area contributed by atoms with Gasteiger partial charge in [0.2, 0.25) is 0 Å². The summed E-state index contributed by atoms with van der Waals surface area (Å²) in [5, 5.41) is 16.7. The van der Waals surface area contributed by atoms with E-state index in [1.807, 2.05) is 0 Å². The number of hydrogen-bond acceptors (Lipinski definition) is 7. The van der Waals surface area contributed by atoms with E-state index in [0.29, 0.717) is 39.6 Å². The third-order valence-corrected chi connectivity index (χ3v) is 1.24. The van der Waals surface area contributed by atoms with Crippen molar-refractivity contribution in [1.82, 2.24) is 0 Å². The van der Waals surface area contributed by atoms with Gasteiger partial charge < -0.3 is 34.0 Å². The molecule has 0 aliphatic heterocycles. The van der Waals surface area contributed by atoms with Gasteiger partial charge in [0.1, 0.15) is 0 Å². The Hall–Kier alpha value is -0.890. The number of carbonyl (C=O) groups excluding carboxylic acids is 1. The zero-order valence-electron chi connectivity index (χ0n) is 9.60. The normalized spacial score (nSPS) is 9.38. The second-order valence-corrected chi connectivity index (χ2v) is 2.46. The van der Waals surface area contributed by atoms with Gasteiger partial charge in [-0.25, -0.2) is 0 Å². The van der Waals surface area contributed by atoms with Crippen molar-refractivity contribution in [3.8, 4) is 0 Å². The lowest BCUT2D eigenvalue weighted by Crippen LogP contribution is -2.37. The second-order valence-electron chi connectivity index (χ2n) is 2.46. The molecule has 7 heteroatoms. The minimum Gasteiger partial charge on any atom is -0.652 e. The molecule has 0 N–H and O–H groups in total. The van der Waals surface area contributed by atoms with Crippen molar-refractivity contribution in [2.75, 3.05) is 53.9 Å². The molecule has 0 aromatic rings. The van der Waals surface area contributed by atoms with E-state index in [4.69, 9.17) is 34.0 Å². The molecule has 0 radical (unpaired) electrons. The first-order chi connectivity index (χ1) is 7.65. The van der Waals surface area contributed by atoms with Crippen LogP contribution in [0.1, 0.15) is 0 Å². The summed E-state index contributed by atoms with van der Waals surface area (Å²) in [5.41, 5.74) is 0. The molecule has 0 fully saturated rings. The predicted molar refractivity (Wildman–Crippen MR) is 50.8 cm³/mol. The number of ether oxygens (including phenoxy) is 4. The van der Waals surface area contributed by atoms with E-state index >= 15 is 0 Å². The van der Waals surface area contributed by atoms with Gasteiger partial charge in [0.15, 0.2) is 0 Å². The highest BCUT2D eigenvalue weighted by Gasteiger charge is 1.88. The highest BCUT2D eigenvalue weighted by molar-refractivity contribution is 5.47. The van der Waals surface area contributed by atoms with Crippen molar-refractivity contribution in [2.45, 2.75) is 0 Å². The number of methoxy groups -OCH3 is 2. The van der Waals surface area contributed by atoms with Crippen LogP contribution < -0.4 is 10.2 Å². The molecule has 0 aliphatic carbocycles. The molecule has 0 saturated carbocycles. The summed E-state index contributed by atoms with van der Waals surface area (Å²) in [6, 6.07) is 0. The molecular formula is C9H18O7-2. The van der Waals surface area contributed by atoms with Gasteiger partial charge in [0.25, 0.3) is 0 Å². The summed E-state index contributed by atoms with van der Waals surface area (Å²) in [7, 11) is 3.30. The minimum atomic E-state index is -2.33. The van der Waals surface area contributed by atoms with Crippen LogP contribution in [0.5, 0.6) is 0 Å². The first kappa shape index (κ1) is 17.5. The molecule has 0 bridgehead atoms. The number of hydrogen-bond donors (Lipinski definition) is 0. The van der Waals surface area contributed by atoms with E-state index in [0.717, 1.165) is 0 Å². The zero-order valence-corrected chi connectivity index (χ0v) is 9.60.